The highest BCUT2D eigenvalue weighted by Gasteiger charge is 2.41. The Morgan fingerprint density at radius 2 is 1.88 bits per heavy atom. The molecule has 34 heavy (non-hydrogen) atoms. The maximum Gasteiger partial charge on any atom is 0.168 e. The molecular formula is C27H25N5O2. The summed E-state index contributed by atoms with van der Waals surface area (Å²) in [6, 6.07) is 19.7. The number of nitrogens with one attached hydrogen (secondary N) is 1. The number of rotatable bonds is 4. The summed E-state index contributed by atoms with van der Waals surface area (Å²) in [7, 11) is 1.60. The SMILES string of the molecule is COc1ccc(C2C(C#N)=C(N)N(c3n[nH]c(C)c3-c3ccccc3)C3=C2C(=O)CCC3)cc1. The van der Waals surface area contributed by atoms with Crippen LogP contribution in [0, 0.1) is 18.3 Å². The molecule has 0 fully saturated rings. The highest BCUT2D eigenvalue weighted by Crippen LogP contribution is 2.48. The van der Waals surface area contributed by atoms with Crippen LogP contribution in [0.1, 0.15) is 36.4 Å². The summed E-state index contributed by atoms with van der Waals surface area (Å²) >= 11 is 0. The number of Topliss-reactive ketones (excluding diaryl/α,β-unsaturated/α-hetero) is 1. The number of anilines is 1. The first-order chi connectivity index (χ1) is 16.5. The summed E-state index contributed by atoms with van der Waals surface area (Å²) in [5.41, 5.74) is 12.1. The molecule has 1 aromatic heterocycles. The van der Waals surface area contributed by atoms with E-state index in [0.29, 0.717) is 41.4 Å². The summed E-state index contributed by atoms with van der Waals surface area (Å²) in [4.78, 5) is 15.1. The van der Waals surface area contributed by atoms with Crippen molar-refractivity contribution in [3.8, 4) is 22.9 Å². The van der Waals surface area contributed by atoms with Crippen LogP contribution in [0.4, 0.5) is 5.82 Å². The summed E-state index contributed by atoms with van der Waals surface area (Å²) in [6.45, 7) is 1.95. The summed E-state index contributed by atoms with van der Waals surface area (Å²) in [5, 5.41) is 17.9. The predicted molar refractivity (Wildman–Crippen MR) is 130 cm³/mol. The monoisotopic (exact) mass is 451 g/mol. The van der Waals surface area contributed by atoms with Gasteiger partial charge >= 0.3 is 0 Å². The lowest BCUT2D eigenvalue weighted by Gasteiger charge is -2.39. The number of carbonyl (C=O) groups is 1. The first-order valence-corrected chi connectivity index (χ1v) is 11.3. The summed E-state index contributed by atoms with van der Waals surface area (Å²) in [5.74, 6) is 1.14. The molecule has 0 amide bonds. The fourth-order valence-electron chi connectivity index (χ4n) is 4.99. The van der Waals surface area contributed by atoms with Crippen LogP contribution in [0.3, 0.4) is 0 Å². The molecule has 0 bridgehead atoms. The molecule has 5 rings (SSSR count). The number of nitrogens with zero attached hydrogens (tertiary/aromatic N) is 3. The number of aromatic nitrogens is 2. The smallest absolute Gasteiger partial charge is 0.168 e. The number of benzene rings is 2. The number of H-pyrrole nitrogens is 1. The Morgan fingerprint density at radius 3 is 2.56 bits per heavy atom. The Morgan fingerprint density at radius 1 is 1.15 bits per heavy atom. The first kappa shape index (κ1) is 21.5. The third-order valence-corrected chi connectivity index (χ3v) is 6.56. The third kappa shape index (κ3) is 3.35. The summed E-state index contributed by atoms with van der Waals surface area (Å²) in [6.07, 6.45) is 1.85. The molecule has 0 saturated heterocycles. The molecule has 1 aliphatic heterocycles. The van der Waals surface area contributed by atoms with Crippen molar-refractivity contribution in [2.24, 2.45) is 5.73 Å². The summed E-state index contributed by atoms with van der Waals surface area (Å²) < 4.78 is 5.29. The van der Waals surface area contributed by atoms with Crippen molar-refractivity contribution in [2.45, 2.75) is 32.1 Å². The Bertz CT molecular complexity index is 1360. The molecule has 7 heteroatoms. The van der Waals surface area contributed by atoms with E-state index < -0.39 is 5.92 Å². The first-order valence-electron chi connectivity index (χ1n) is 11.3. The molecule has 0 radical (unpaired) electrons. The molecule has 1 unspecified atom stereocenters. The van der Waals surface area contributed by atoms with Gasteiger partial charge in [-0.1, -0.05) is 42.5 Å². The molecular weight excluding hydrogens is 426 g/mol. The Balaban J connectivity index is 1.74. The Hall–Kier alpha value is -4.31. The van der Waals surface area contributed by atoms with Crippen molar-refractivity contribution in [3.63, 3.8) is 0 Å². The van der Waals surface area contributed by atoms with E-state index in [1.54, 1.807) is 7.11 Å². The maximum absolute atomic E-state index is 13.3. The minimum Gasteiger partial charge on any atom is -0.497 e. The highest BCUT2D eigenvalue weighted by molar-refractivity contribution is 6.01. The van der Waals surface area contributed by atoms with E-state index in [1.807, 2.05) is 66.4 Å². The van der Waals surface area contributed by atoms with Gasteiger partial charge < -0.3 is 10.5 Å². The van der Waals surface area contributed by atoms with Crippen molar-refractivity contribution in [1.29, 1.82) is 5.26 Å². The van der Waals surface area contributed by atoms with Gasteiger partial charge in [0.1, 0.15) is 11.6 Å². The number of hydrogen-bond donors (Lipinski definition) is 2. The van der Waals surface area contributed by atoms with Crippen LogP contribution in [0.15, 0.2) is 77.3 Å². The number of carbonyl (C=O) groups excluding carboxylic acids is 1. The number of nitriles is 1. The van der Waals surface area contributed by atoms with Gasteiger partial charge in [-0.2, -0.15) is 10.4 Å². The number of ether oxygens (including phenoxy) is 1. The Kier molecular flexibility index (Phi) is 5.42. The molecule has 0 spiro atoms. The second kappa shape index (κ2) is 8.56. The average Bonchev–Trinajstić information content (AvgIpc) is 3.24. The van der Waals surface area contributed by atoms with Crippen molar-refractivity contribution >= 4 is 11.6 Å². The molecule has 3 aromatic rings. The molecule has 3 N–H and O–H groups in total. The standard InChI is InChI=1S/C27H25N5O2/c1-16-23(17-7-4-3-5-8-17)27(31-30-16)32-21-9-6-10-22(33)25(21)24(20(15-28)26(32)29)18-11-13-19(34-2)14-12-18/h3-5,7-8,11-14,24H,6,9-10,29H2,1-2H3,(H,30,31). The maximum atomic E-state index is 13.3. The fourth-order valence-corrected chi connectivity index (χ4v) is 4.99. The number of aryl methyl sites for hydroxylation is 1. The zero-order chi connectivity index (χ0) is 23.8. The minimum atomic E-state index is -0.518. The normalized spacial score (nSPS) is 18.1. The van der Waals surface area contributed by atoms with E-state index in [0.717, 1.165) is 34.5 Å². The predicted octanol–water partition coefficient (Wildman–Crippen LogP) is 4.70. The molecule has 2 aliphatic rings. The second-order valence-corrected chi connectivity index (χ2v) is 8.50. The van der Waals surface area contributed by atoms with Crippen LogP contribution in [0.5, 0.6) is 5.75 Å². The number of methoxy groups -OCH3 is 1. The van der Waals surface area contributed by atoms with Crippen LogP contribution < -0.4 is 15.4 Å². The molecule has 2 aromatic carbocycles. The number of ketones is 1. The zero-order valence-electron chi connectivity index (χ0n) is 19.1. The van der Waals surface area contributed by atoms with E-state index in [9.17, 15) is 10.1 Å². The van der Waals surface area contributed by atoms with Gasteiger partial charge in [0.2, 0.25) is 0 Å². The lowest BCUT2D eigenvalue weighted by molar-refractivity contribution is -0.116. The van der Waals surface area contributed by atoms with Crippen molar-refractivity contribution in [3.05, 3.63) is 88.5 Å². The van der Waals surface area contributed by atoms with Crippen molar-refractivity contribution < 1.29 is 9.53 Å². The number of nitrogens with two attached hydrogens (primary N) is 1. The molecule has 170 valence electrons. The van der Waals surface area contributed by atoms with Crippen LogP contribution in [-0.4, -0.2) is 23.1 Å². The van der Waals surface area contributed by atoms with E-state index in [2.05, 4.69) is 16.3 Å². The van der Waals surface area contributed by atoms with Gasteiger partial charge in [0.05, 0.1) is 24.7 Å². The van der Waals surface area contributed by atoms with Crippen LogP contribution >= 0.6 is 0 Å². The zero-order valence-corrected chi connectivity index (χ0v) is 19.1. The van der Waals surface area contributed by atoms with Gasteiger partial charge in [-0.25, -0.2) is 0 Å². The van der Waals surface area contributed by atoms with Gasteiger partial charge in [0, 0.05) is 28.9 Å². The minimum absolute atomic E-state index is 0.0424. The van der Waals surface area contributed by atoms with Gasteiger partial charge in [-0.3, -0.25) is 14.8 Å². The third-order valence-electron chi connectivity index (χ3n) is 6.56. The lowest BCUT2D eigenvalue weighted by Crippen LogP contribution is -2.39. The molecule has 0 saturated carbocycles. The van der Waals surface area contributed by atoms with Crippen molar-refractivity contribution in [2.75, 3.05) is 12.0 Å². The van der Waals surface area contributed by atoms with E-state index in [4.69, 9.17) is 10.5 Å². The van der Waals surface area contributed by atoms with E-state index >= 15 is 0 Å². The van der Waals surface area contributed by atoms with E-state index in [-0.39, 0.29) is 5.78 Å². The van der Waals surface area contributed by atoms with Crippen LogP contribution in [0.2, 0.25) is 0 Å². The molecule has 7 nitrogen and oxygen atoms in total. The topological polar surface area (TPSA) is 108 Å². The Labute approximate surface area is 198 Å². The largest absolute Gasteiger partial charge is 0.497 e. The van der Waals surface area contributed by atoms with Gasteiger partial charge in [-0.05, 0) is 43.0 Å². The lowest BCUT2D eigenvalue weighted by atomic mass is 9.75. The molecule has 2 heterocycles. The molecule has 1 atom stereocenters. The van der Waals surface area contributed by atoms with Gasteiger partial charge in [0.25, 0.3) is 0 Å². The average molecular weight is 452 g/mol. The fraction of sp³-hybridized carbons (Fsp3) is 0.222. The number of hydrogen-bond acceptors (Lipinski definition) is 6. The van der Waals surface area contributed by atoms with Gasteiger partial charge in [0.15, 0.2) is 11.6 Å². The number of aromatic amines is 1. The van der Waals surface area contributed by atoms with Gasteiger partial charge in [-0.15, -0.1) is 0 Å². The van der Waals surface area contributed by atoms with Crippen molar-refractivity contribution in [1.82, 2.24) is 10.2 Å². The quantitative estimate of drug-likeness (QED) is 0.595. The molecule has 1 aliphatic carbocycles. The van der Waals surface area contributed by atoms with E-state index in [1.165, 1.54) is 0 Å². The highest BCUT2D eigenvalue weighted by atomic mass is 16.5. The second-order valence-electron chi connectivity index (χ2n) is 8.50. The van der Waals surface area contributed by atoms with Crippen LogP contribution in [0.25, 0.3) is 11.1 Å². The van der Waals surface area contributed by atoms with Crippen LogP contribution in [-0.2, 0) is 4.79 Å². The number of allylic oxidation sites excluding steroid dienone is 3.